The van der Waals surface area contributed by atoms with Gasteiger partial charge in [0.1, 0.15) is 0 Å². The molecule has 2 nitrogen and oxygen atoms in total. The first-order valence-electron chi connectivity index (χ1n) is 27.7. The van der Waals surface area contributed by atoms with Crippen molar-refractivity contribution in [3.8, 4) is 33.4 Å². The maximum Gasteiger partial charge on any atom is 0.0720 e. The van der Waals surface area contributed by atoms with Gasteiger partial charge in [-0.2, -0.15) is 0 Å². The van der Waals surface area contributed by atoms with Gasteiger partial charge in [0.15, 0.2) is 0 Å². The van der Waals surface area contributed by atoms with Gasteiger partial charge in [-0.05, 0) is 199 Å². The molecule has 2 heterocycles. The Balaban J connectivity index is 0.938. The highest BCUT2D eigenvalue weighted by Crippen LogP contribution is 2.68. The standard InChI is InChI=1S/C73H64N2/c1-69(2)41-39-62-60-44-48(33-37-65(60)74(71(62,69)5)53-25-15-9-16-26-53)47-31-35-57-59(43-47)55-29-19-20-30-56(55)67-58-36-32-50(46-64(58)73(68(57)67,51-21-11-7-12-22-51)52-23-13-8-14-24-52)49-34-38-66-61(45-49)63-40-42-70(3,4)72(63,6)75(66)54-27-17-10-18-28-54/h7-38,43-46,62-63H,39-42H2,1-6H3. The van der Waals surface area contributed by atoms with E-state index in [4.69, 9.17) is 0 Å². The molecule has 4 atom stereocenters. The Morgan fingerprint density at radius 1 is 0.373 bits per heavy atom. The molecule has 10 aromatic carbocycles. The van der Waals surface area contributed by atoms with Gasteiger partial charge in [0.25, 0.3) is 0 Å². The van der Waals surface area contributed by atoms with Crippen molar-refractivity contribution in [1.29, 1.82) is 0 Å². The van der Waals surface area contributed by atoms with E-state index < -0.39 is 5.41 Å². The summed E-state index contributed by atoms with van der Waals surface area (Å²) in [5.74, 6) is 0.886. The third-order valence-electron chi connectivity index (χ3n) is 20.6. The van der Waals surface area contributed by atoms with Crippen LogP contribution < -0.4 is 9.80 Å². The van der Waals surface area contributed by atoms with Crippen LogP contribution in [0.3, 0.4) is 0 Å². The van der Waals surface area contributed by atoms with Crippen molar-refractivity contribution in [2.45, 2.75) is 95.6 Å². The van der Waals surface area contributed by atoms with E-state index in [1.807, 2.05) is 0 Å². The predicted molar refractivity (Wildman–Crippen MR) is 315 cm³/mol. The second-order valence-corrected chi connectivity index (χ2v) is 24.4. The van der Waals surface area contributed by atoms with Crippen molar-refractivity contribution >= 4 is 44.3 Å². The SMILES string of the molecule is CC1(C)CCC2c3cc(-c4ccc5c(c4)C(c4ccccc4)(c4ccccc4)c4c-5c5ccccc5c5cc(-c6ccc7c(c6)C6CCC(C)(C)C6(C)N7c6ccccc6)ccc45)ccc3N(c3ccccc3)C21C. The molecule has 0 saturated heterocycles. The van der Waals surface area contributed by atoms with E-state index in [2.05, 4.69) is 270 Å². The average Bonchev–Trinajstić information content (AvgIpc) is 4.19. The first kappa shape index (κ1) is 44.8. The molecule has 366 valence electrons. The number of fused-ring (bicyclic) bond motifs is 14. The lowest BCUT2D eigenvalue weighted by molar-refractivity contribution is 0.222. The van der Waals surface area contributed by atoms with Crippen LogP contribution in [-0.2, 0) is 5.41 Å². The van der Waals surface area contributed by atoms with Crippen molar-refractivity contribution in [2.24, 2.45) is 10.8 Å². The second kappa shape index (κ2) is 15.7. The van der Waals surface area contributed by atoms with Gasteiger partial charge < -0.3 is 9.80 Å². The molecule has 0 N–H and O–H groups in total. The molecule has 0 radical (unpaired) electrons. The van der Waals surface area contributed by atoms with Crippen molar-refractivity contribution in [3.05, 3.63) is 252 Å². The van der Waals surface area contributed by atoms with Crippen LogP contribution in [0.5, 0.6) is 0 Å². The molecule has 15 rings (SSSR count). The zero-order valence-corrected chi connectivity index (χ0v) is 44.2. The van der Waals surface area contributed by atoms with Gasteiger partial charge in [-0.3, -0.25) is 0 Å². The number of hydrogen-bond donors (Lipinski definition) is 0. The molecule has 0 spiro atoms. The maximum atomic E-state index is 2.69. The summed E-state index contributed by atoms with van der Waals surface area (Å²) in [6.45, 7) is 15.0. The molecule has 2 heteroatoms. The quantitative estimate of drug-likeness (QED) is 0.153. The molecule has 75 heavy (non-hydrogen) atoms. The summed E-state index contributed by atoms with van der Waals surface area (Å²) in [6, 6.07) is 84.0. The van der Waals surface area contributed by atoms with Crippen LogP contribution >= 0.6 is 0 Å². The third kappa shape index (κ3) is 5.81. The van der Waals surface area contributed by atoms with Crippen molar-refractivity contribution in [3.63, 3.8) is 0 Å². The molecule has 10 aromatic rings. The molecule has 5 aliphatic rings. The van der Waals surface area contributed by atoms with E-state index in [0.29, 0.717) is 11.8 Å². The fourth-order valence-electron chi connectivity index (χ4n) is 16.3. The first-order valence-corrected chi connectivity index (χ1v) is 27.7. The highest BCUT2D eigenvalue weighted by atomic mass is 15.3. The molecule has 0 aromatic heterocycles. The normalized spacial score (nSPS) is 23.0. The largest absolute Gasteiger partial charge is 0.334 e. The van der Waals surface area contributed by atoms with Gasteiger partial charge in [0.05, 0.1) is 16.5 Å². The number of rotatable bonds is 6. The maximum absolute atomic E-state index is 2.69. The van der Waals surface area contributed by atoms with Crippen LogP contribution in [0.4, 0.5) is 22.7 Å². The minimum atomic E-state index is -0.601. The number of anilines is 4. The average molecular weight is 969 g/mol. The summed E-state index contributed by atoms with van der Waals surface area (Å²) in [5, 5.41) is 5.21. The van der Waals surface area contributed by atoms with Gasteiger partial charge in [-0.15, -0.1) is 0 Å². The molecule has 2 aliphatic heterocycles. The number of para-hydroxylation sites is 2. The van der Waals surface area contributed by atoms with E-state index in [9.17, 15) is 0 Å². The van der Waals surface area contributed by atoms with Crippen molar-refractivity contribution in [1.82, 2.24) is 0 Å². The summed E-state index contributed by atoms with van der Waals surface area (Å²) >= 11 is 0. The molecular weight excluding hydrogens is 905 g/mol. The van der Waals surface area contributed by atoms with E-state index in [1.165, 1.54) is 137 Å². The summed E-state index contributed by atoms with van der Waals surface area (Å²) < 4.78 is 0. The third-order valence-corrected chi connectivity index (χ3v) is 20.6. The topological polar surface area (TPSA) is 6.48 Å². The Kier molecular flexibility index (Phi) is 9.36. The Labute approximate surface area is 443 Å². The summed E-state index contributed by atoms with van der Waals surface area (Å²) in [6.07, 6.45) is 4.80. The van der Waals surface area contributed by atoms with Gasteiger partial charge in [-0.1, -0.05) is 185 Å². The van der Waals surface area contributed by atoms with Crippen LogP contribution in [0.25, 0.3) is 54.9 Å². The monoisotopic (exact) mass is 969 g/mol. The summed E-state index contributed by atoms with van der Waals surface area (Å²) in [5.41, 5.74) is 20.9. The van der Waals surface area contributed by atoms with Crippen molar-refractivity contribution < 1.29 is 0 Å². The van der Waals surface area contributed by atoms with Crippen molar-refractivity contribution in [2.75, 3.05) is 9.80 Å². The smallest absolute Gasteiger partial charge is 0.0720 e. The minimum absolute atomic E-state index is 0.0266. The Bertz CT molecular complexity index is 3910. The molecule has 3 aliphatic carbocycles. The first-order chi connectivity index (χ1) is 36.4. The van der Waals surface area contributed by atoms with Crippen LogP contribution in [0.15, 0.2) is 218 Å². The van der Waals surface area contributed by atoms with E-state index in [0.717, 1.165) is 0 Å². The summed E-state index contributed by atoms with van der Waals surface area (Å²) in [7, 11) is 0. The van der Waals surface area contributed by atoms with Gasteiger partial charge >= 0.3 is 0 Å². The second-order valence-electron chi connectivity index (χ2n) is 24.4. The van der Waals surface area contributed by atoms with E-state index in [-0.39, 0.29) is 21.9 Å². The molecule has 0 bridgehead atoms. The van der Waals surface area contributed by atoms with Gasteiger partial charge in [0, 0.05) is 34.6 Å². The Morgan fingerprint density at radius 3 is 1.32 bits per heavy atom. The molecule has 0 amide bonds. The Morgan fingerprint density at radius 2 is 0.800 bits per heavy atom. The fourth-order valence-corrected chi connectivity index (χ4v) is 16.3. The van der Waals surface area contributed by atoms with Crippen LogP contribution in [0.2, 0.25) is 0 Å². The zero-order valence-electron chi connectivity index (χ0n) is 44.2. The summed E-state index contributed by atoms with van der Waals surface area (Å²) in [4.78, 5) is 5.38. The number of benzene rings is 10. The predicted octanol–water partition coefficient (Wildman–Crippen LogP) is 19.3. The molecule has 2 fully saturated rings. The number of hydrogen-bond acceptors (Lipinski definition) is 2. The van der Waals surface area contributed by atoms with Crippen LogP contribution in [0, 0.1) is 10.8 Å². The molecule has 4 unspecified atom stereocenters. The lowest BCUT2D eigenvalue weighted by Crippen LogP contribution is -2.50. The lowest BCUT2D eigenvalue weighted by atomic mass is 9.66. The van der Waals surface area contributed by atoms with Gasteiger partial charge in [0.2, 0.25) is 0 Å². The lowest BCUT2D eigenvalue weighted by Gasteiger charge is -2.47. The number of nitrogens with zero attached hydrogens (tertiary/aromatic N) is 2. The van der Waals surface area contributed by atoms with E-state index in [1.54, 1.807) is 0 Å². The van der Waals surface area contributed by atoms with Crippen LogP contribution in [-0.4, -0.2) is 11.1 Å². The zero-order chi connectivity index (χ0) is 50.6. The minimum Gasteiger partial charge on any atom is -0.334 e. The van der Waals surface area contributed by atoms with Crippen LogP contribution in [0.1, 0.15) is 112 Å². The molecular formula is C73H64N2. The molecule has 2 saturated carbocycles. The highest BCUT2D eigenvalue weighted by Gasteiger charge is 2.62. The highest BCUT2D eigenvalue weighted by molar-refractivity contribution is 6.20. The van der Waals surface area contributed by atoms with E-state index >= 15 is 0 Å². The Hall–Kier alpha value is -7.68. The fraction of sp³-hybridized carbons (Fsp3) is 0.233. The van der Waals surface area contributed by atoms with Gasteiger partial charge in [-0.25, -0.2) is 0 Å².